The second kappa shape index (κ2) is 17.1. The van der Waals surface area contributed by atoms with Gasteiger partial charge in [0.05, 0.1) is 16.9 Å². The van der Waals surface area contributed by atoms with Crippen LogP contribution >= 0.6 is 11.3 Å². The monoisotopic (exact) mass is 897 g/mol. The van der Waals surface area contributed by atoms with Crippen molar-refractivity contribution in [1.82, 2.24) is 19.7 Å². The van der Waals surface area contributed by atoms with E-state index >= 15 is 0 Å². The minimum absolute atomic E-state index is 0.0988. The first-order valence-corrected chi connectivity index (χ1v) is 24.7. The molecule has 3 saturated heterocycles. The summed E-state index contributed by atoms with van der Waals surface area (Å²) in [7, 11) is 0. The number of piperidine rings is 1. The minimum atomic E-state index is -0.881. The zero-order valence-electron chi connectivity index (χ0n) is 38.5. The minimum Gasteiger partial charge on any atom is -0.478 e. The third-order valence-electron chi connectivity index (χ3n) is 15.2. The molecule has 4 aromatic carbocycles. The lowest BCUT2D eigenvalue weighted by atomic mass is 9.79. The van der Waals surface area contributed by atoms with E-state index in [9.17, 15) is 15.0 Å². The summed E-state index contributed by atoms with van der Waals surface area (Å²) >= 11 is 1.79. The van der Waals surface area contributed by atoms with Gasteiger partial charge in [-0.3, -0.25) is 9.56 Å². The molecule has 11 rings (SSSR count). The van der Waals surface area contributed by atoms with Crippen LogP contribution in [0.2, 0.25) is 0 Å². The van der Waals surface area contributed by atoms with E-state index in [0.717, 1.165) is 123 Å². The first-order valence-electron chi connectivity index (χ1n) is 23.9. The summed E-state index contributed by atoms with van der Waals surface area (Å²) in [4.78, 5) is 25.9. The molecule has 0 unspecified atom stereocenters. The Labute approximate surface area is 392 Å². The summed E-state index contributed by atoms with van der Waals surface area (Å²) < 4.78 is 2.19. The van der Waals surface area contributed by atoms with Gasteiger partial charge < -0.3 is 24.9 Å². The molecule has 0 bridgehead atoms. The molecule has 10 nitrogen and oxygen atoms in total. The van der Waals surface area contributed by atoms with Gasteiger partial charge in [0.2, 0.25) is 0 Å². The summed E-state index contributed by atoms with van der Waals surface area (Å²) in [5, 5.41) is 31.6. The molecule has 4 aliphatic heterocycles. The number of hydrogen-bond acceptors (Lipinski definition) is 9. The molecule has 6 aromatic rings. The molecule has 3 fully saturated rings. The molecule has 5 aliphatic rings. The number of nitrogens with zero attached hydrogens (tertiary/aromatic N) is 7. The molecule has 1 atom stereocenters. The number of aliphatic hydroxyl groups is 1. The number of rotatable bonds is 10. The van der Waals surface area contributed by atoms with Gasteiger partial charge in [-0.05, 0) is 147 Å². The van der Waals surface area contributed by atoms with Gasteiger partial charge in [0.15, 0.2) is 5.82 Å². The van der Waals surface area contributed by atoms with Crippen molar-refractivity contribution in [2.45, 2.75) is 77.9 Å². The third kappa shape index (κ3) is 7.88. The fourth-order valence-corrected chi connectivity index (χ4v) is 12.6. The number of carboxylic acids is 1. The van der Waals surface area contributed by atoms with E-state index in [1.807, 2.05) is 19.1 Å². The van der Waals surface area contributed by atoms with Gasteiger partial charge in [0, 0.05) is 79.1 Å². The molecule has 2 N–H and O–H groups in total. The lowest BCUT2D eigenvalue weighted by Crippen LogP contribution is -2.55. The Bertz CT molecular complexity index is 2860. The smallest absolute Gasteiger partial charge is 0.335 e. The van der Waals surface area contributed by atoms with E-state index in [1.165, 1.54) is 49.7 Å². The first-order chi connectivity index (χ1) is 32.0. The van der Waals surface area contributed by atoms with Gasteiger partial charge in [-0.25, -0.2) is 4.79 Å². The van der Waals surface area contributed by atoms with Crippen LogP contribution in [-0.4, -0.2) is 93.0 Å². The number of hydrogen-bond donors (Lipinski definition) is 2. The van der Waals surface area contributed by atoms with Crippen molar-refractivity contribution in [3.63, 3.8) is 0 Å². The van der Waals surface area contributed by atoms with E-state index < -0.39 is 11.6 Å². The predicted molar refractivity (Wildman–Crippen MR) is 266 cm³/mol. The fraction of sp³-hybridized carbons (Fsp3) is 0.382. The highest BCUT2D eigenvalue weighted by Gasteiger charge is 2.40. The molecule has 2 aromatic heterocycles. The van der Waals surface area contributed by atoms with Crippen molar-refractivity contribution in [2.24, 2.45) is 16.8 Å². The van der Waals surface area contributed by atoms with Crippen LogP contribution in [0, 0.1) is 32.6 Å². The van der Waals surface area contributed by atoms with Crippen LogP contribution in [0.3, 0.4) is 0 Å². The summed E-state index contributed by atoms with van der Waals surface area (Å²) in [5.74, 6) is 2.03. The molecule has 6 heterocycles. The highest BCUT2D eigenvalue weighted by Crippen LogP contribution is 2.43. The van der Waals surface area contributed by atoms with Gasteiger partial charge in [-0.1, -0.05) is 60.7 Å². The Morgan fingerprint density at radius 3 is 2.14 bits per heavy atom. The van der Waals surface area contributed by atoms with Crippen LogP contribution in [0.1, 0.15) is 111 Å². The molecule has 1 aliphatic carbocycles. The number of aliphatic imine (C=N–C) groups is 1. The van der Waals surface area contributed by atoms with Crippen LogP contribution in [0.4, 0.5) is 11.4 Å². The van der Waals surface area contributed by atoms with Crippen molar-refractivity contribution in [3.05, 3.63) is 158 Å². The average molecular weight is 898 g/mol. The van der Waals surface area contributed by atoms with Gasteiger partial charge in [-0.2, -0.15) is 0 Å². The van der Waals surface area contributed by atoms with E-state index in [-0.39, 0.29) is 6.04 Å². The topological polar surface area (TPSA) is 110 Å². The largest absolute Gasteiger partial charge is 0.478 e. The van der Waals surface area contributed by atoms with Gasteiger partial charge in [0.1, 0.15) is 16.9 Å². The Kier molecular flexibility index (Phi) is 11.1. The quantitative estimate of drug-likeness (QED) is 0.140. The maximum atomic E-state index is 11.9. The van der Waals surface area contributed by atoms with E-state index in [1.54, 1.807) is 17.4 Å². The zero-order valence-corrected chi connectivity index (χ0v) is 39.3. The summed E-state index contributed by atoms with van der Waals surface area (Å²) in [6.07, 6.45) is 5.34. The summed E-state index contributed by atoms with van der Waals surface area (Å²) in [6, 6.07) is 34.2. The van der Waals surface area contributed by atoms with E-state index in [0.29, 0.717) is 17.4 Å². The molecule has 0 saturated carbocycles. The molecule has 11 heteroatoms. The molecule has 0 amide bonds. The number of carbonyl (C=O) groups is 1. The Morgan fingerprint density at radius 1 is 0.788 bits per heavy atom. The van der Waals surface area contributed by atoms with Crippen molar-refractivity contribution in [3.8, 4) is 5.00 Å². The number of benzene rings is 4. The number of aryl methyl sites for hydroxylation is 3. The second-order valence-corrected chi connectivity index (χ2v) is 20.9. The standard InChI is InChI=1S/C55H59N7O3S/c1-34-36(3)66-53-49(34)51(56-35(2)52-58-57-37(4)62(52)53)42-15-20-46(21-16-42)60-30-38(31-60)28-55(65)23-25-59(26-24-55)29-39-32-61(33-39)45-18-13-41(14-19-45)50-47(40-9-6-5-7-10-40)12-8-11-43-27-44(54(63)64)17-22-48(43)50/h5-7,9-10,13-22,27,35,38-39,65H,8,11-12,23-26,28-33H2,1-4H3,(H,63,64)/t35-/m0/s1. The number of anilines is 2. The number of allylic oxidation sites excluding steroid dienone is 1. The number of aromatic nitrogens is 3. The predicted octanol–water partition coefficient (Wildman–Crippen LogP) is 9.95. The van der Waals surface area contributed by atoms with Gasteiger partial charge in [-0.15, -0.1) is 21.5 Å². The number of fused-ring (bicyclic) bond motifs is 4. The highest BCUT2D eigenvalue weighted by molar-refractivity contribution is 7.15. The van der Waals surface area contributed by atoms with Crippen LogP contribution < -0.4 is 9.80 Å². The average Bonchev–Trinajstić information content (AvgIpc) is 3.70. The first kappa shape index (κ1) is 42.7. The Morgan fingerprint density at radius 2 is 1.45 bits per heavy atom. The lowest BCUT2D eigenvalue weighted by Gasteiger charge is -2.48. The SMILES string of the molecule is Cc1sc2c(c1C)C(c1ccc(N3CC(CC4(O)CCN(CC5CN(c6ccc(C7=C(c8ccccc8)CCCc8cc(C(=O)O)ccc87)cc6)C5)CC4)C3)cc1)=N[C@@H](C)c1nnc(C)n1-2. The Balaban J connectivity index is 0.672. The highest BCUT2D eigenvalue weighted by atomic mass is 32.1. The van der Waals surface area contributed by atoms with Gasteiger partial charge >= 0.3 is 5.97 Å². The number of likely N-dealkylation sites (tertiary alicyclic amines) is 1. The van der Waals surface area contributed by atoms with Crippen LogP contribution in [-0.2, 0) is 6.42 Å². The maximum Gasteiger partial charge on any atom is 0.335 e. The molecule has 0 spiro atoms. The molecule has 66 heavy (non-hydrogen) atoms. The zero-order chi connectivity index (χ0) is 45.3. The second-order valence-electron chi connectivity index (χ2n) is 19.7. The van der Waals surface area contributed by atoms with Crippen molar-refractivity contribution in [1.29, 1.82) is 0 Å². The fourth-order valence-electron chi connectivity index (χ4n) is 11.4. The summed E-state index contributed by atoms with van der Waals surface area (Å²) in [6.45, 7) is 15.6. The number of aromatic carboxylic acids is 1. The summed E-state index contributed by atoms with van der Waals surface area (Å²) in [5.41, 5.74) is 14.0. The van der Waals surface area contributed by atoms with Gasteiger partial charge in [0.25, 0.3) is 0 Å². The number of thiophene rings is 1. The van der Waals surface area contributed by atoms with Crippen molar-refractivity contribution < 1.29 is 15.0 Å². The van der Waals surface area contributed by atoms with Crippen molar-refractivity contribution in [2.75, 3.05) is 55.6 Å². The van der Waals surface area contributed by atoms with Crippen molar-refractivity contribution >= 4 is 45.5 Å². The normalized spacial score (nSPS) is 19.8. The van der Waals surface area contributed by atoms with E-state index in [4.69, 9.17) is 4.99 Å². The molecule has 338 valence electrons. The third-order valence-corrected chi connectivity index (χ3v) is 16.4. The van der Waals surface area contributed by atoms with Crippen LogP contribution in [0.15, 0.2) is 102 Å². The van der Waals surface area contributed by atoms with Crippen LogP contribution in [0.5, 0.6) is 0 Å². The van der Waals surface area contributed by atoms with E-state index in [2.05, 4.69) is 129 Å². The molecular weight excluding hydrogens is 839 g/mol. The number of carboxylic acid groups (broad SMARTS) is 1. The molecule has 0 radical (unpaired) electrons. The maximum absolute atomic E-state index is 11.9. The Hall–Kier alpha value is -5.88. The molecular formula is C55H59N7O3S. The lowest BCUT2D eigenvalue weighted by molar-refractivity contribution is -0.0444. The van der Waals surface area contributed by atoms with Crippen LogP contribution in [0.25, 0.3) is 16.1 Å².